The van der Waals surface area contributed by atoms with Gasteiger partial charge in [-0.05, 0) is 38.0 Å². The third kappa shape index (κ3) is 2.79. The van der Waals surface area contributed by atoms with E-state index in [0.717, 1.165) is 25.0 Å². The summed E-state index contributed by atoms with van der Waals surface area (Å²) in [6, 6.07) is 2.77. The van der Waals surface area contributed by atoms with Crippen LogP contribution in [0.25, 0.3) is 0 Å². The lowest BCUT2D eigenvalue weighted by atomic mass is 9.91. The van der Waals surface area contributed by atoms with Gasteiger partial charge in [-0.3, -0.25) is 4.79 Å². The van der Waals surface area contributed by atoms with Crippen LogP contribution < -0.4 is 5.32 Å². The summed E-state index contributed by atoms with van der Waals surface area (Å²) in [7, 11) is 0. The first kappa shape index (κ1) is 15.8. The Morgan fingerprint density at radius 2 is 2.04 bits per heavy atom. The SMILES string of the molecule is C[C@@H]1O[C@@](C#CC2CC2)(C(F)(F)F)c2cc(F)ccc2NC1=O. The molecule has 1 heterocycles. The molecule has 1 amide bonds. The van der Waals surface area contributed by atoms with Crippen LogP contribution in [0.1, 0.15) is 25.3 Å². The lowest BCUT2D eigenvalue weighted by Crippen LogP contribution is -2.46. The number of halogens is 4. The van der Waals surface area contributed by atoms with Crippen LogP contribution in [-0.2, 0) is 15.1 Å². The highest BCUT2D eigenvalue weighted by Gasteiger charge is 2.60. The molecule has 0 aromatic heterocycles. The van der Waals surface area contributed by atoms with Gasteiger partial charge in [0.05, 0.1) is 0 Å². The number of hydrogen-bond acceptors (Lipinski definition) is 2. The molecule has 3 nitrogen and oxygen atoms in total. The number of rotatable bonds is 0. The molecule has 23 heavy (non-hydrogen) atoms. The number of anilines is 1. The summed E-state index contributed by atoms with van der Waals surface area (Å²) in [4.78, 5) is 11.9. The largest absolute Gasteiger partial charge is 0.433 e. The van der Waals surface area contributed by atoms with E-state index in [-0.39, 0.29) is 11.6 Å². The predicted octanol–water partition coefficient (Wildman–Crippen LogP) is 3.35. The zero-order valence-corrected chi connectivity index (χ0v) is 12.1. The van der Waals surface area contributed by atoms with Crippen molar-refractivity contribution >= 4 is 11.6 Å². The molecule has 7 heteroatoms. The molecule has 1 saturated carbocycles. The quantitative estimate of drug-likeness (QED) is 0.586. The van der Waals surface area contributed by atoms with Crippen molar-refractivity contribution in [2.24, 2.45) is 5.92 Å². The van der Waals surface area contributed by atoms with Gasteiger partial charge < -0.3 is 10.1 Å². The van der Waals surface area contributed by atoms with Crippen molar-refractivity contribution in [2.45, 2.75) is 37.6 Å². The summed E-state index contributed by atoms with van der Waals surface area (Å²) < 4.78 is 60.2. The maximum absolute atomic E-state index is 13.9. The van der Waals surface area contributed by atoms with Gasteiger partial charge in [-0.15, -0.1) is 0 Å². The molecule has 2 aliphatic rings. The molecule has 0 unspecified atom stereocenters. The van der Waals surface area contributed by atoms with Crippen LogP contribution in [0.15, 0.2) is 18.2 Å². The summed E-state index contributed by atoms with van der Waals surface area (Å²) in [5, 5.41) is 2.33. The number of carbonyl (C=O) groups excluding carboxylic acids is 1. The van der Waals surface area contributed by atoms with Gasteiger partial charge in [-0.25, -0.2) is 4.39 Å². The fourth-order valence-electron chi connectivity index (χ4n) is 2.35. The van der Waals surface area contributed by atoms with E-state index in [1.54, 1.807) is 0 Å². The molecule has 0 bridgehead atoms. The molecule has 1 aromatic carbocycles. The average Bonchev–Trinajstić information content (AvgIpc) is 3.27. The third-order valence-corrected chi connectivity index (χ3v) is 3.77. The maximum Gasteiger partial charge on any atom is 0.433 e. The zero-order chi connectivity index (χ0) is 16.8. The van der Waals surface area contributed by atoms with E-state index in [0.29, 0.717) is 6.07 Å². The first-order chi connectivity index (χ1) is 10.7. The molecule has 1 N–H and O–H groups in total. The minimum absolute atomic E-state index is 0.114. The maximum atomic E-state index is 13.9. The van der Waals surface area contributed by atoms with Gasteiger partial charge in [0.25, 0.3) is 11.5 Å². The predicted molar refractivity (Wildman–Crippen MR) is 73.8 cm³/mol. The summed E-state index contributed by atoms with van der Waals surface area (Å²) in [6.07, 6.45) is -4.87. The topological polar surface area (TPSA) is 38.3 Å². The van der Waals surface area contributed by atoms with Gasteiger partial charge in [0.2, 0.25) is 0 Å². The van der Waals surface area contributed by atoms with Gasteiger partial charge in [0.15, 0.2) is 0 Å². The van der Waals surface area contributed by atoms with Crippen molar-refractivity contribution in [3.05, 3.63) is 29.6 Å². The van der Waals surface area contributed by atoms with Crippen LogP contribution in [0.3, 0.4) is 0 Å². The standard InChI is InChI=1S/C16H13F4NO2/c1-9-14(22)21-13-5-4-11(17)8-12(13)15(23-9,16(18,19)20)7-6-10-2-3-10/h4-5,8-10H,2-3H2,1H3,(H,21,22)/t9-,15+/m0/s1. The monoisotopic (exact) mass is 327 g/mol. The van der Waals surface area contributed by atoms with Gasteiger partial charge in [0.1, 0.15) is 11.9 Å². The Bertz CT molecular complexity index is 715. The molecule has 1 aliphatic heterocycles. The highest BCUT2D eigenvalue weighted by atomic mass is 19.4. The van der Waals surface area contributed by atoms with Gasteiger partial charge in [0, 0.05) is 17.2 Å². The highest BCUT2D eigenvalue weighted by molar-refractivity contribution is 5.95. The smallest absolute Gasteiger partial charge is 0.337 e. The Kier molecular flexibility index (Phi) is 3.60. The molecule has 2 atom stereocenters. The second-order valence-electron chi connectivity index (χ2n) is 5.66. The molecule has 3 rings (SSSR count). The molecule has 1 fully saturated rings. The Morgan fingerprint density at radius 3 is 2.65 bits per heavy atom. The number of fused-ring (bicyclic) bond motifs is 1. The molecule has 1 aliphatic carbocycles. The highest BCUT2D eigenvalue weighted by Crippen LogP contribution is 2.47. The molecule has 1 aromatic rings. The normalized spacial score (nSPS) is 27.3. The van der Waals surface area contributed by atoms with E-state index in [2.05, 4.69) is 17.2 Å². The lowest BCUT2D eigenvalue weighted by molar-refractivity contribution is -0.266. The average molecular weight is 327 g/mol. The van der Waals surface area contributed by atoms with Crippen molar-refractivity contribution in [1.82, 2.24) is 0 Å². The van der Waals surface area contributed by atoms with Crippen LogP contribution in [0, 0.1) is 23.6 Å². The number of benzene rings is 1. The molecule has 0 radical (unpaired) electrons. The fraction of sp³-hybridized carbons (Fsp3) is 0.438. The Hall–Kier alpha value is -2.07. The third-order valence-electron chi connectivity index (χ3n) is 3.77. The van der Waals surface area contributed by atoms with Crippen molar-refractivity contribution in [1.29, 1.82) is 0 Å². The second-order valence-corrected chi connectivity index (χ2v) is 5.66. The molecular formula is C16H13F4NO2. The van der Waals surface area contributed by atoms with E-state index >= 15 is 0 Å². The van der Waals surface area contributed by atoms with Crippen LogP contribution in [0.5, 0.6) is 0 Å². The molecule has 0 saturated heterocycles. The van der Waals surface area contributed by atoms with Gasteiger partial charge >= 0.3 is 6.18 Å². The van der Waals surface area contributed by atoms with E-state index in [4.69, 9.17) is 4.74 Å². The Labute approximate surface area is 130 Å². The van der Waals surface area contributed by atoms with Crippen molar-refractivity contribution in [2.75, 3.05) is 5.32 Å². The van der Waals surface area contributed by atoms with Crippen molar-refractivity contribution < 1.29 is 27.1 Å². The Morgan fingerprint density at radius 1 is 1.35 bits per heavy atom. The number of carbonyl (C=O) groups is 1. The number of ether oxygens (including phenoxy) is 1. The molecular weight excluding hydrogens is 314 g/mol. The lowest BCUT2D eigenvalue weighted by Gasteiger charge is -2.32. The van der Waals surface area contributed by atoms with Crippen molar-refractivity contribution in [3.8, 4) is 11.8 Å². The summed E-state index contributed by atoms with van der Waals surface area (Å²) in [6.45, 7) is 1.21. The summed E-state index contributed by atoms with van der Waals surface area (Å²) in [5.74, 6) is 2.98. The summed E-state index contributed by atoms with van der Waals surface area (Å²) in [5.41, 5.74) is -3.72. The zero-order valence-electron chi connectivity index (χ0n) is 12.1. The minimum Gasteiger partial charge on any atom is -0.337 e. The number of nitrogens with one attached hydrogen (secondary N) is 1. The number of hydrogen-bond donors (Lipinski definition) is 1. The van der Waals surface area contributed by atoms with Crippen molar-refractivity contribution in [3.63, 3.8) is 0 Å². The summed E-state index contributed by atoms with van der Waals surface area (Å²) >= 11 is 0. The molecule has 122 valence electrons. The van der Waals surface area contributed by atoms with Gasteiger partial charge in [-0.1, -0.05) is 11.8 Å². The van der Waals surface area contributed by atoms with E-state index < -0.39 is 35.2 Å². The fourth-order valence-corrected chi connectivity index (χ4v) is 2.35. The second kappa shape index (κ2) is 5.24. The number of amides is 1. The van der Waals surface area contributed by atoms with Crippen LogP contribution >= 0.6 is 0 Å². The van der Waals surface area contributed by atoms with Crippen LogP contribution in [-0.4, -0.2) is 18.2 Å². The van der Waals surface area contributed by atoms with E-state index in [9.17, 15) is 22.4 Å². The molecule has 0 spiro atoms. The first-order valence-electron chi connectivity index (χ1n) is 7.11. The first-order valence-corrected chi connectivity index (χ1v) is 7.11. The van der Waals surface area contributed by atoms with Gasteiger partial charge in [-0.2, -0.15) is 13.2 Å². The van der Waals surface area contributed by atoms with Crippen LogP contribution in [0.4, 0.5) is 23.2 Å². The Balaban J connectivity index is 2.25. The van der Waals surface area contributed by atoms with E-state index in [1.807, 2.05) is 0 Å². The minimum atomic E-state index is -4.93. The van der Waals surface area contributed by atoms with Crippen LogP contribution in [0.2, 0.25) is 0 Å². The number of alkyl halides is 3. The van der Waals surface area contributed by atoms with E-state index in [1.165, 1.54) is 6.92 Å².